The molecule has 0 spiro atoms. The highest BCUT2D eigenvalue weighted by atomic mass is 19.3. The Morgan fingerprint density at radius 3 is 1.61 bits per heavy atom. The molecule has 0 aliphatic carbocycles. The van der Waals surface area contributed by atoms with Gasteiger partial charge in [0, 0.05) is 13.0 Å². The molecule has 4 heteroatoms. The lowest BCUT2D eigenvalue weighted by Gasteiger charge is -2.26. The predicted octanol–water partition coefficient (Wildman–Crippen LogP) is 10.5. The second-order valence-corrected chi connectivity index (χ2v) is 12.0. The molecule has 0 aliphatic heterocycles. The van der Waals surface area contributed by atoms with E-state index in [1.807, 2.05) is 6.07 Å². The number of rotatable bonds is 23. The lowest BCUT2D eigenvalue weighted by atomic mass is 9.89. The van der Waals surface area contributed by atoms with E-state index in [4.69, 9.17) is 9.47 Å². The van der Waals surface area contributed by atoms with Crippen LogP contribution in [0.5, 0.6) is 0 Å². The highest BCUT2D eigenvalue weighted by Gasteiger charge is 2.20. The first-order valence-corrected chi connectivity index (χ1v) is 14.8. The predicted molar refractivity (Wildman–Crippen MR) is 150 cm³/mol. The third-order valence-corrected chi connectivity index (χ3v) is 6.63. The Balaban J connectivity index is 1.91. The summed E-state index contributed by atoms with van der Waals surface area (Å²) in [6.07, 6.45) is 18.0. The zero-order valence-electron chi connectivity index (χ0n) is 24.0. The smallest absolute Gasteiger partial charge is 0.245 e. The fourth-order valence-corrected chi connectivity index (χ4v) is 4.61. The van der Waals surface area contributed by atoms with E-state index in [9.17, 15) is 8.78 Å². The standard InChI is InChI=1S/C32H56F2O2/c1-31(2,3)26-30(36-27-29-22-18-17-19-23-29)28-35-25-21-16-14-12-10-8-6-5-7-9-11-13-15-20-24-32(4,33)34/h17-19,22-23,30H,5-16,20-21,24-28H2,1-4H3. The Kier molecular flexibility index (Phi) is 18.4. The van der Waals surface area contributed by atoms with Crippen molar-refractivity contribution >= 4 is 0 Å². The molecular weight excluding hydrogens is 454 g/mol. The average Bonchev–Trinajstić information content (AvgIpc) is 2.80. The van der Waals surface area contributed by atoms with Crippen molar-refractivity contribution in [2.75, 3.05) is 13.2 Å². The molecule has 0 aromatic heterocycles. The van der Waals surface area contributed by atoms with Gasteiger partial charge in [-0.2, -0.15) is 0 Å². The van der Waals surface area contributed by atoms with E-state index in [1.54, 1.807) is 0 Å². The van der Waals surface area contributed by atoms with Crippen molar-refractivity contribution in [2.24, 2.45) is 5.41 Å². The van der Waals surface area contributed by atoms with Gasteiger partial charge in [-0.15, -0.1) is 0 Å². The summed E-state index contributed by atoms with van der Waals surface area (Å²) >= 11 is 0. The summed E-state index contributed by atoms with van der Waals surface area (Å²) in [6.45, 7) is 9.96. The number of unbranched alkanes of at least 4 members (excludes halogenated alkanes) is 13. The third-order valence-electron chi connectivity index (χ3n) is 6.63. The minimum Gasteiger partial charge on any atom is -0.379 e. The van der Waals surface area contributed by atoms with Gasteiger partial charge < -0.3 is 9.47 Å². The van der Waals surface area contributed by atoms with E-state index in [0.29, 0.717) is 19.6 Å². The van der Waals surface area contributed by atoms with E-state index in [2.05, 4.69) is 45.0 Å². The number of hydrogen-bond acceptors (Lipinski definition) is 2. The van der Waals surface area contributed by atoms with Gasteiger partial charge in [0.2, 0.25) is 5.92 Å². The number of halogens is 2. The van der Waals surface area contributed by atoms with Crippen LogP contribution in [0, 0.1) is 5.41 Å². The van der Waals surface area contributed by atoms with Crippen LogP contribution in [-0.4, -0.2) is 25.2 Å². The molecule has 1 aromatic carbocycles. The van der Waals surface area contributed by atoms with E-state index in [0.717, 1.165) is 39.2 Å². The normalized spacial score (nSPS) is 13.3. The molecule has 0 bridgehead atoms. The SMILES string of the molecule is CC(C)(C)CC(COCCCCCCCCCCCCCCCCC(C)(F)F)OCc1ccccc1. The number of ether oxygens (including phenoxy) is 2. The molecule has 0 saturated heterocycles. The summed E-state index contributed by atoms with van der Waals surface area (Å²) < 4.78 is 37.7. The summed E-state index contributed by atoms with van der Waals surface area (Å²) in [5.74, 6) is -2.48. The molecule has 0 fully saturated rings. The van der Waals surface area contributed by atoms with Gasteiger partial charge in [0.1, 0.15) is 0 Å². The zero-order valence-corrected chi connectivity index (χ0v) is 24.0. The van der Waals surface area contributed by atoms with Crippen molar-refractivity contribution in [1.29, 1.82) is 0 Å². The number of hydrogen-bond donors (Lipinski definition) is 0. The molecule has 0 radical (unpaired) electrons. The molecule has 1 rings (SSSR count). The lowest BCUT2D eigenvalue weighted by Crippen LogP contribution is -2.26. The maximum absolute atomic E-state index is 12.7. The van der Waals surface area contributed by atoms with Crippen LogP contribution in [0.2, 0.25) is 0 Å². The van der Waals surface area contributed by atoms with Crippen LogP contribution in [0.25, 0.3) is 0 Å². The van der Waals surface area contributed by atoms with E-state index in [1.165, 1.54) is 69.8 Å². The van der Waals surface area contributed by atoms with Gasteiger partial charge in [-0.3, -0.25) is 0 Å². The highest BCUT2D eigenvalue weighted by molar-refractivity contribution is 5.13. The maximum Gasteiger partial charge on any atom is 0.245 e. The molecule has 0 saturated carbocycles. The summed E-state index contributed by atoms with van der Waals surface area (Å²) in [5.41, 5.74) is 1.44. The number of alkyl halides is 2. The Hall–Kier alpha value is -1.00. The fourth-order valence-electron chi connectivity index (χ4n) is 4.61. The highest BCUT2D eigenvalue weighted by Crippen LogP contribution is 2.24. The first-order chi connectivity index (χ1) is 17.2. The molecule has 2 nitrogen and oxygen atoms in total. The lowest BCUT2D eigenvalue weighted by molar-refractivity contribution is -0.0430. The molecule has 0 aliphatic rings. The summed E-state index contributed by atoms with van der Waals surface area (Å²) in [5, 5.41) is 0. The van der Waals surface area contributed by atoms with Gasteiger partial charge in [-0.25, -0.2) is 8.78 Å². The van der Waals surface area contributed by atoms with E-state index < -0.39 is 5.92 Å². The van der Waals surface area contributed by atoms with Crippen molar-refractivity contribution < 1.29 is 18.3 Å². The monoisotopic (exact) mass is 510 g/mol. The zero-order chi connectivity index (χ0) is 26.5. The molecule has 1 aromatic rings. The fraction of sp³-hybridized carbons (Fsp3) is 0.812. The Labute approximate surface area is 221 Å². The van der Waals surface area contributed by atoms with Crippen LogP contribution in [0.1, 0.15) is 136 Å². The van der Waals surface area contributed by atoms with E-state index >= 15 is 0 Å². The van der Waals surface area contributed by atoms with Gasteiger partial charge in [0.05, 0.1) is 19.3 Å². The minimum atomic E-state index is -2.48. The van der Waals surface area contributed by atoms with Crippen molar-refractivity contribution in [3.63, 3.8) is 0 Å². The second-order valence-electron chi connectivity index (χ2n) is 12.0. The molecule has 0 N–H and O–H groups in total. The van der Waals surface area contributed by atoms with Gasteiger partial charge in [0.25, 0.3) is 0 Å². The topological polar surface area (TPSA) is 18.5 Å². The van der Waals surface area contributed by atoms with Gasteiger partial charge >= 0.3 is 0 Å². The van der Waals surface area contributed by atoms with Crippen LogP contribution in [-0.2, 0) is 16.1 Å². The third kappa shape index (κ3) is 22.2. The molecule has 0 amide bonds. The summed E-state index contributed by atoms with van der Waals surface area (Å²) in [6, 6.07) is 10.4. The minimum absolute atomic E-state index is 0.0437. The Morgan fingerprint density at radius 2 is 1.14 bits per heavy atom. The quantitative estimate of drug-likeness (QED) is 0.136. The average molecular weight is 511 g/mol. The largest absolute Gasteiger partial charge is 0.379 e. The number of benzene rings is 1. The molecule has 1 unspecified atom stereocenters. The Morgan fingerprint density at radius 1 is 0.667 bits per heavy atom. The van der Waals surface area contributed by atoms with Crippen molar-refractivity contribution in [2.45, 2.75) is 149 Å². The van der Waals surface area contributed by atoms with Gasteiger partial charge in [-0.05, 0) is 37.2 Å². The first kappa shape index (κ1) is 33.0. The van der Waals surface area contributed by atoms with Gasteiger partial charge in [0.15, 0.2) is 0 Å². The van der Waals surface area contributed by atoms with E-state index in [-0.39, 0.29) is 17.9 Å². The van der Waals surface area contributed by atoms with Gasteiger partial charge in [-0.1, -0.05) is 128 Å². The van der Waals surface area contributed by atoms with Crippen molar-refractivity contribution in [3.8, 4) is 0 Å². The van der Waals surface area contributed by atoms with Crippen LogP contribution in [0.3, 0.4) is 0 Å². The summed E-state index contributed by atoms with van der Waals surface area (Å²) in [7, 11) is 0. The maximum atomic E-state index is 12.7. The van der Waals surface area contributed by atoms with Crippen LogP contribution < -0.4 is 0 Å². The molecule has 36 heavy (non-hydrogen) atoms. The van der Waals surface area contributed by atoms with Crippen molar-refractivity contribution in [3.05, 3.63) is 35.9 Å². The molecule has 0 heterocycles. The second kappa shape index (κ2) is 20.0. The summed E-state index contributed by atoms with van der Waals surface area (Å²) in [4.78, 5) is 0. The van der Waals surface area contributed by atoms with Crippen LogP contribution >= 0.6 is 0 Å². The van der Waals surface area contributed by atoms with Crippen LogP contribution in [0.15, 0.2) is 30.3 Å². The first-order valence-electron chi connectivity index (χ1n) is 14.8. The Bertz CT molecular complexity index is 607. The molecule has 1 atom stereocenters. The molecule has 210 valence electrons. The van der Waals surface area contributed by atoms with Crippen molar-refractivity contribution in [1.82, 2.24) is 0 Å². The van der Waals surface area contributed by atoms with Crippen LogP contribution in [0.4, 0.5) is 8.78 Å². The molecular formula is C32H56F2O2.